The van der Waals surface area contributed by atoms with E-state index >= 15 is 0 Å². The number of benzene rings is 2. The van der Waals surface area contributed by atoms with Crippen LogP contribution in [0.15, 0.2) is 42.5 Å². The molecule has 0 radical (unpaired) electrons. The number of rotatable bonds is 3. The third-order valence-electron chi connectivity index (χ3n) is 3.45. The van der Waals surface area contributed by atoms with Crippen LogP contribution in [0, 0.1) is 0 Å². The molecule has 0 fully saturated rings. The molecule has 0 unspecified atom stereocenters. The van der Waals surface area contributed by atoms with Crippen molar-refractivity contribution in [1.82, 2.24) is 0 Å². The van der Waals surface area contributed by atoms with E-state index in [1.807, 2.05) is 0 Å². The molecule has 0 atom stereocenters. The molecule has 8 nitrogen and oxygen atoms in total. The van der Waals surface area contributed by atoms with E-state index in [4.69, 9.17) is 30.2 Å². The van der Waals surface area contributed by atoms with Gasteiger partial charge in [-0.2, -0.15) is 13.2 Å². The topological polar surface area (TPSA) is 125 Å². The first-order chi connectivity index (χ1) is 14.1. The number of ether oxygens (including phenoxy) is 2. The molecule has 0 heterocycles. The standard InChI is InChI=1S/C19H21F3N2O3.CH2O3.Na/c1-18(2,3)27-17(25)24(4)16-11-14(9-10-15(16)23)26-13-7-5-12(6-8-13)19(20,21)22;2-1(3)4;/h5-11H,23H2,1-4H3;(H2,2,3,4);/q;;+1/p-1. The van der Waals surface area contributed by atoms with Crippen LogP contribution in [0.3, 0.4) is 0 Å². The Kier molecular flexibility index (Phi) is 10.9. The van der Waals surface area contributed by atoms with Gasteiger partial charge in [-0.1, -0.05) is 0 Å². The molecule has 170 valence electrons. The largest absolute Gasteiger partial charge is 1.00 e. The number of nitrogens with zero attached hydrogens (tertiary/aromatic N) is 1. The van der Waals surface area contributed by atoms with Crippen molar-refractivity contribution in [2.45, 2.75) is 32.5 Å². The van der Waals surface area contributed by atoms with E-state index in [-0.39, 0.29) is 35.3 Å². The number of carboxylic acid groups (broad SMARTS) is 2. The van der Waals surface area contributed by atoms with E-state index in [0.29, 0.717) is 17.1 Å². The molecule has 0 aliphatic rings. The normalized spacial score (nSPS) is 10.7. The van der Waals surface area contributed by atoms with Crippen LogP contribution in [0.25, 0.3) is 0 Å². The zero-order valence-corrected chi connectivity index (χ0v) is 20.2. The van der Waals surface area contributed by atoms with Crippen molar-refractivity contribution >= 4 is 23.6 Å². The van der Waals surface area contributed by atoms with Gasteiger partial charge in [0, 0.05) is 13.1 Å². The van der Waals surface area contributed by atoms with E-state index < -0.39 is 29.6 Å². The number of alkyl halides is 3. The number of anilines is 2. The van der Waals surface area contributed by atoms with Gasteiger partial charge in [0.25, 0.3) is 0 Å². The van der Waals surface area contributed by atoms with Gasteiger partial charge < -0.3 is 30.2 Å². The van der Waals surface area contributed by atoms with Gasteiger partial charge in [-0.15, -0.1) is 0 Å². The Bertz CT molecular complexity index is 911. The predicted octanol–water partition coefficient (Wildman–Crippen LogP) is 1.34. The van der Waals surface area contributed by atoms with Crippen LogP contribution in [-0.4, -0.2) is 30.0 Å². The van der Waals surface area contributed by atoms with Crippen molar-refractivity contribution in [3.8, 4) is 11.5 Å². The molecule has 3 N–H and O–H groups in total. The summed E-state index contributed by atoms with van der Waals surface area (Å²) >= 11 is 0. The third-order valence-corrected chi connectivity index (χ3v) is 3.45. The zero-order valence-electron chi connectivity index (χ0n) is 18.2. The Morgan fingerprint density at radius 3 is 1.94 bits per heavy atom. The summed E-state index contributed by atoms with van der Waals surface area (Å²) in [6.45, 7) is 5.23. The van der Waals surface area contributed by atoms with Crippen LogP contribution in [-0.2, 0) is 10.9 Å². The first-order valence-electron chi connectivity index (χ1n) is 8.71. The molecule has 2 aromatic carbocycles. The fourth-order valence-electron chi connectivity index (χ4n) is 2.15. The van der Waals surface area contributed by atoms with Crippen molar-refractivity contribution in [3.05, 3.63) is 48.0 Å². The predicted molar refractivity (Wildman–Crippen MR) is 105 cm³/mol. The summed E-state index contributed by atoms with van der Waals surface area (Å²) < 4.78 is 48.7. The van der Waals surface area contributed by atoms with Crippen LogP contribution < -0.4 is 50.0 Å². The summed E-state index contributed by atoms with van der Waals surface area (Å²) in [5.74, 6) is 0.535. The maximum atomic E-state index is 12.6. The van der Waals surface area contributed by atoms with E-state index in [2.05, 4.69) is 0 Å². The number of hydrogen-bond donors (Lipinski definition) is 2. The molecule has 0 aromatic heterocycles. The Morgan fingerprint density at radius 1 is 1.03 bits per heavy atom. The Morgan fingerprint density at radius 2 is 1.50 bits per heavy atom. The summed E-state index contributed by atoms with van der Waals surface area (Å²) in [6.07, 6.45) is -7.09. The number of halogens is 3. The molecule has 1 amide bonds. The number of nitrogen functional groups attached to an aromatic ring is 1. The third kappa shape index (κ3) is 10.1. The minimum absolute atomic E-state index is 0. The number of amides is 1. The Balaban J connectivity index is 0.00000177. The van der Waals surface area contributed by atoms with Crippen LogP contribution >= 0.6 is 0 Å². The minimum atomic E-state index is -4.41. The molecule has 0 bridgehead atoms. The summed E-state index contributed by atoms with van der Waals surface area (Å²) in [5, 5.41) is 15.3. The Hall–Kier alpha value is -2.63. The summed E-state index contributed by atoms with van der Waals surface area (Å²) in [5.41, 5.74) is 5.16. The SMILES string of the molecule is CN(C(=O)OC(C)(C)C)c1cc(Oc2ccc(C(F)(F)F)cc2)ccc1N.O=C([O-])O.[Na+]. The molecule has 0 saturated heterocycles. The van der Waals surface area contributed by atoms with Gasteiger partial charge in [-0.05, 0) is 57.2 Å². The summed E-state index contributed by atoms with van der Waals surface area (Å²) in [6, 6.07) is 8.90. The first-order valence-corrected chi connectivity index (χ1v) is 8.71. The van der Waals surface area contributed by atoms with Crippen molar-refractivity contribution in [2.75, 3.05) is 17.7 Å². The van der Waals surface area contributed by atoms with E-state index in [9.17, 15) is 18.0 Å². The Labute approximate surface area is 205 Å². The zero-order chi connectivity index (χ0) is 24.0. The molecular weight excluding hydrogens is 444 g/mol. The molecule has 0 spiro atoms. The van der Waals surface area contributed by atoms with Crippen molar-refractivity contribution < 1.29 is 72.0 Å². The van der Waals surface area contributed by atoms with Gasteiger partial charge in [0.1, 0.15) is 17.1 Å². The van der Waals surface area contributed by atoms with E-state index in [1.54, 1.807) is 26.8 Å². The molecule has 0 aliphatic carbocycles. The van der Waals surface area contributed by atoms with Gasteiger partial charge in [0.05, 0.1) is 16.9 Å². The second-order valence-corrected chi connectivity index (χ2v) is 7.15. The summed E-state index contributed by atoms with van der Waals surface area (Å²) in [7, 11) is 1.50. The molecule has 32 heavy (non-hydrogen) atoms. The van der Waals surface area contributed by atoms with Crippen LogP contribution in [0.2, 0.25) is 0 Å². The minimum Gasteiger partial charge on any atom is -0.565 e. The quantitative estimate of drug-likeness (QED) is 0.517. The average molecular weight is 466 g/mol. The van der Waals surface area contributed by atoms with E-state index in [0.717, 1.165) is 12.1 Å². The van der Waals surface area contributed by atoms with Gasteiger partial charge in [0.15, 0.2) is 0 Å². The maximum absolute atomic E-state index is 12.6. The fourth-order valence-corrected chi connectivity index (χ4v) is 2.15. The van der Waals surface area contributed by atoms with Crippen LogP contribution in [0.5, 0.6) is 11.5 Å². The maximum Gasteiger partial charge on any atom is 1.00 e. The van der Waals surface area contributed by atoms with E-state index in [1.165, 1.54) is 36.2 Å². The molecule has 0 aliphatic heterocycles. The second kappa shape index (κ2) is 11.8. The second-order valence-electron chi connectivity index (χ2n) is 7.15. The van der Waals surface area contributed by atoms with Crippen molar-refractivity contribution in [2.24, 2.45) is 0 Å². The smallest absolute Gasteiger partial charge is 0.565 e. The van der Waals surface area contributed by atoms with Gasteiger partial charge in [0.2, 0.25) is 6.16 Å². The van der Waals surface area contributed by atoms with Gasteiger partial charge >= 0.3 is 41.8 Å². The number of nitrogens with two attached hydrogens (primary N) is 1. The number of hydrogen-bond acceptors (Lipinski definition) is 6. The molecule has 12 heteroatoms. The van der Waals surface area contributed by atoms with Crippen LogP contribution in [0.4, 0.5) is 34.1 Å². The van der Waals surface area contributed by atoms with Gasteiger partial charge in [-0.25, -0.2) is 4.79 Å². The fraction of sp³-hybridized carbons (Fsp3) is 0.300. The monoisotopic (exact) mass is 466 g/mol. The first kappa shape index (κ1) is 29.4. The van der Waals surface area contributed by atoms with Crippen molar-refractivity contribution in [1.29, 1.82) is 0 Å². The molecule has 2 aromatic rings. The van der Waals surface area contributed by atoms with Gasteiger partial charge in [-0.3, -0.25) is 4.90 Å². The average Bonchev–Trinajstić information content (AvgIpc) is 2.60. The summed E-state index contributed by atoms with van der Waals surface area (Å²) in [4.78, 5) is 21.9. The molecule has 0 saturated carbocycles. The van der Waals surface area contributed by atoms with Crippen LogP contribution in [0.1, 0.15) is 26.3 Å². The number of carbonyl (C=O) groups excluding carboxylic acids is 1. The van der Waals surface area contributed by atoms with Crippen molar-refractivity contribution in [3.63, 3.8) is 0 Å². The molecule has 2 rings (SSSR count). The number of carbonyl (C=O) groups is 2. The molecular formula is C20H22F3N2NaO6.